The van der Waals surface area contributed by atoms with E-state index < -0.39 is 15.5 Å². The Labute approximate surface area is 83.5 Å². The molecule has 0 aliphatic heterocycles. The topological polar surface area (TPSA) is 111 Å². The van der Waals surface area contributed by atoms with Gasteiger partial charge in [0.1, 0.15) is 5.69 Å². The lowest BCUT2D eigenvalue weighted by Crippen LogP contribution is -1.97. The largest absolute Gasteiger partial charge is 0.301 e. The summed E-state index contributed by atoms with van der Waals surface area (Å²) in [6.45, 7) is 4.78. The van der Waals surface area contributed by atoms with E-state index in [0.717, 1.165) is 18.2 Å². The summed E-state index contributed by atoms with van der Waals surface area (Å²) in [5.41, 5.74) is 1.32. The minimum Gasteiger partial charge on any atom is -0.272 e. The highest BCUT2D eigenvalue weighted by atomic mass is 16.6. The predicted octanol–water partition coefficient (Wildman–Crippen LogP) is 1.41. The van der Waals surface area contributed by atoms with Crippen molar-refractivity contribution in [1.82, 2.24) is 0 Å². The second kappa shape index (κ2) is 4.13. The average Bonchev–Trinajstić information content (AvgIpc) is 2.18. The van der Waals surface area contributed by atoms with Crippen LogP contribution in [0.5, 0.6) is 0 Å². The molecular formula is C7H5N4O4. The van der Waals surface area contributed by atoms with Crippen molar-refractivity contribution in [2.75, 3.05) is 5.43 Å². The first-order chi connectivity index (χ1) is 7.06. The van der Waals surface area contributed by atoms with Gasteiger partial charge in [-0.1, -0.05) is 0 Å². The molecular weight excluding hydrogens is 204 g/mol. The van der Waals surface area contributed by atoms with Crippen molar-refractivity contribution in [3.05, 3.63) is 38.4 Å². The molecule has 0 atom stereocenters. The number of nitro benzene ring substituents is 2. The fourth-order valence-corrected chi connectivity index (χ4v) is 0.949. The van der Waals surface area contributed by atoms with Gasteiger partial charge in [0.2, 0.25) is 0 Å². The van der Waals surface area contributed by atoms with Crippen molar-refractivity contribution in [2.24, 2.45) is 5.10 Å². The smallest absolute Gasteiger partial charge is 0.272 e. The number of anilines is 1. The lowest BCUT2D eigenvalue weighted by Gasteiger charge is -2.00. The lowest BCUT2D eigenvalue weighted by molar-refractivity contribution is -0.393. The highest BCUT2D eigenvalue weighted by Crippen LogP contribution is 2.28. The molecule has 8 heteroatoms. The van der Waals surface area contributed by atoms with Gasteiger partial charge in [0, 0.05) is 6.07 Å². The Morgan fingerprint density at radius 3 is 2.40 bits per heavy atom. The highest BCUT2D eigenvalue weighted by Gasteiger charge is 2.18. The van der Waals surface area contributed by atoms with Gasteiger partial charge in [-0.05, 0) is 6.07 Å². The molecule has 0 amide bonds. The molecule has 1 radical (unpaired) electrons. The van der Waals surface area contributed by atoms with Gasteiger partial charge in [-0.2, -0.15) is 5.10 Å². The first kappa shape index (κ1) is 10.6. The van der Waals surface area contributed by atoms with Gasteiger partial charge in [0.25, 0.3) is 5.69 Å². The molecule has 0 saturated heterocycles. The standard InChI is InChI=1S/C7H5N4O4/c1-8-9-6-3-2-5(10(12)13)4-7(6)11(14)15/h1-4,9H. The zero-order valence-electron chi connectivity index (χ0n) is 7.28. The molecule has 0 unspecified atom stereocenters. The second-order valence-electron chi connectivity index (χ2n) is 2.46. The number of nitro groups is 2. The lowest BCUT2D eigenvalue weighted by atomic mass is 10.2. The predicted molar refractivity (Wildman–Crippen MR) is 51.9 cm³/mol. The van der Waals surface area contributed by atoms with E-state index in [4.69, 9.17) is 6.72 Å². The van der Waals surface area contributed by atoms with Crippen molar-refractivity contribution in [2.45, 2.75) is 0 Å². The number of hydrazone groups is 1. The molecule has 1 N–H and O–H groups in total. The summed E-state index contributed by atoms with van der Waals surface area (Å²) in [6, 6.07) is 3.10. The number of benzene rings is 1. The van der Waals surface area contributed by atoms with Crippen LogP contribution in [0.3, 0.4) is 0 Å². The van der Waals surface area contributed by atoms with Gasteiger partial charge in [0.05, 0.1) is 22.6 Å². The fourth-order valence-electron chi connectivity index (χ4n) is 0.949. The van der Waals surface area contributed by atoms with Crippen LogP contribution in [0.2, 0.25) is 0 Å². The third kappa shape index (κ3) is 2.24. The molecule has 0 fully saturated rings. The van der Waals surface area contributed by atoms with Crippen LogP contribution in [-0.2, 0) is 0 Å². The van der Waals surface area contributed by atoms with E-state index >= 15 is 0 Å². The van der Waals surface area contributed by atoms with E-state index in [9.17, 15) is 20.2 Å². The Kier molecular flexibility index (Phi) is 2.91. The van der Waals surface area contributed by atoms with Crippen molar-refractivity contribution in [3.63, 3.8) is 0 Å². The van der Waals surface area contributed by atoms with E-state index in [2.05, 4.69) is 10.5 Å². The molecule has 15 heavy (non-hydrogen) atoms. The molecule has 1 aromatic carbocycles. The Morgan fingerprint density at radius 1 is 1.27 bits per heavy atom. The molecule has 8 nitrogen and oxygen atoms in total. The van der Waals surface area contributed by atoms with Gasteiger partial charge in [0.15, 0.2) is 0 Å². The summed E-state index contributed by atoms with van der Waals surface area (Å²) in [5.74, 6) is 0. The first-order valence-corrected chi connectivity index (χ1v) is 3.65. The van der Waals surface area contributed by atoms with Crippen molar-refractivity contribution >= 4 is 23.8 Å². The monoisotopic (exact) mass is 209 g/mol. The summed E-state index contributed by atoms with van der Waals surface area (Å²) in [4.78, 5) is 19.4. The van der Waals surface area contributed by atoms with E-state index in [1.165, 1.54) is 0 Å². The number of hydrogen-bond donors (Lipinski definition) is 1. The van der Waals surface area contributed by atoms with Crippen molar-refractivity contribution in [1.29, 1.82) is 0 Å². The summed E-state index contributed by atoms with van der Waals surface area (Å²) < 4.78 is 0. The Balaban J connectivity index is 3.26. The Bertz CT molecular complexity index is 431. The summed E-state index contributed by atoms with van der Waals surface area (Å²) in [7, 11) is 0. The van der Waals surface area contributed by atoms with Crippen molar-refractivity contribution in [3.8, 4) is 0 Å². The van der Waals surface area contributed by atoms with Gasteiger partial charge in [-0.15, -0.1) is 0 Å². The molecule has 0 aliphatic carbocycles. The van der Waals surface area contributed by atoms with E-state index in [0.29, 0.717) is 0 Å². The number of nitrogens with one attached hydrogen (secondary N) is 1. The second-order valence-corrected chi connectivity index (χ2v) is 2.46. The first-order valence-electron chi connectivity index (χ1n) is 3.65. The van der Waals surface area contributed by atoms with E-state index in [1.54, 1.807) is 0 Å². The van der Waals surface area contributed by atoms with Crippen LogP contribution >= 0.6 is 0 Å². The molecule has 0 heterocycles. The maximum Gasteiger partial charge on any atom is 0.301 e. The van der Waals surface area contributed by atoms with Crippen LogP contribution < -0.4 is 5.43 Å². The minimum absolute atomic E-state index is 0.00639. The Hall–Kier alpha value is -2.51. The van der Waals surface area contributed by atoms with Gasteiger partial charge in [-0.3, -0.25) is 25.7 Å². The summed E-state index contributed by atoms with van der Waals surface area (Å²) in [6.07, 6.45) is 0. The molecule has 1 rings (SSSR count). The van der Waals surface area contributed by atoms with Crippen LogP contribution in [0.1, 0.15) is 0 Å². The van der Waals surface area contributed by atoms with Crippen LogP contribution in [0.15, 0.2) is 23.3 Å². The van der Waals surface area contributed by atoms with Gasteiger partial charge < -0.3 is 0 Å². The Morgan fingerprint density at radius 2 is 1.93 bits per heavy atom. The SMILES string of the molecule is [CH]=NNc1ccc([N+](=O)[O-])cc1[N+](=O)[O-]. The van der Waals surface area contributed by atoms with Crippen LogP contribution in [-0.4, -0.2) is 16.6 Å². The number of hydrogen-bond acceptors (Lipinski definition) is 6. The number of nitrogens with zero attached hydrogens (tertiary/aromatic N) is 3. The zero-order valence-corrected chi connectivity index (χ0v) is 7.28. The molecule has 1 aromatic rings. The third-order valence-electron chi connectivity index (χ3n) is 1.57. The maximum atomic E-state index is 10.5. The molecule has 0 saturated carbocycles. The molecule has 0 bridgehead atoms. The zero-order chi connectivity index (χ0) is 11.4. The van der Waals surface area contributed by atoms with Crippen LogP contribution in [0.25, 0.3) is 0 Å². The quantitative estimate of drug-likeness (QED) is 0.457. The molecule has 0 aliphatic rings. The normalized spacial score (nSPS) is 9.33. The molecule has 0 aromatic heterocycles. The fraction of sp³-hybridized carbons (Fsp3) is 0. The number of non-ortho nitro benzene ring substituents is 1. The molecule has 77 valence electrons. The van der Waals surface area contributed by atoms with Crippen LogP contribution in [0, 0.1) is 20.2 Å². The van der Waals surface area contributed by atoms with E-state index in [1.807, 2.05) is 0 Å². The van der Waals surface area contributed by atoms with Crippen LogP contribution in [0.4, 0.5) is 17.1 Å². The highest BCUT2D eigenvalue weighted by molar-refractivity contribution is 5.65. The third-order valence-corrected chi connectivity index (χ3v) is 1.57. The minimum atomic E-state index is -0.763. The summed E-state index contributed by atoms with van der Waals surface area (Å²) in [5, 5.41) is 23.9. The maximum absolute atomic E-state index is 10.5. The van der Waals surface area contributed by atoms with Crippen molar-refractivity contribution < 1.29 is 9.85 Å². The van der Waals surface area contributed by atoms with E-state index in [-0.39, 0.29) is 11.4 Å². The van der Waals surface area contributed by atoms with Gasteiger partial charge >= 0.3 is 5.69 Å². The summed E-state index contributed by atoms with van der Waals surface area (Å²) >= 11 is 0. The molecule has 0 spiro atoms. The van der Waals surface area contributed by atoms with Gasteiger partial charge in [-0.25, -0.2) is 0 Å². The average molecular weight is 209 g/mol. The number of rotatable bonds is 4.